The Morgan fingerprint density at radius 3 is 2.41 bits per heavy atom. The lowest BCUT2D eigenvalue weighted by Gasteiger charge is -2.15. The molecular formula is C15H21ClO4S2. The average molecular weight is 365 g/mol. The van der Waals surface area contributed by atoms with E-state index in [0.29, 0.717) is 11.3 Å². The third kappa shape index (κ3) is 5.26. The van der Waals surface area contributed by atoms with E-state index in [-0.39, 0.29) is 15.4 Å². The van der Waals surface area contributed by atoms with Crippen LogP contribution in [0.15, 0.2) is 21.9 Å². The Balaban J connectivity index is 3.17. The van der Waals surface area contributed by atoms with E-state index in [2.05, 4.69) is 6.92 Å². The van der Waals surface area contributed by atoms with Crippen LogP contribution in [0.1, 0.15) is 48.5 Å². The van der Waals surface area contributed by atoms with E-state index in [9.17, 15) is 17.8 Å². The molecule has 0 aliphatic rings. The van der Waals surface area contributed by atoms with Crippen LogP contribution in [0.2, 0.25) is 0 Å². The van der Waals surface area contributed by atoms with Crippen LogP contribution >= 0.6 is 11.6 Å². The van der Waals surface area contributed by atoms with Crippen LogP contribution in [0.4, 0.5) is 0 Å². The van der Waals surface area contributed by atoms with Gasteiger partial charge in [-0.2, -0.15) is 0 Å². The predicted molar refractivity (Wildman–Crippen MR) is 89.9 cm³/mol. The molecule has 124 valence electrons. The van der Waals surface area contributed by atoms with Crippen LogP contribution in [0.25, 0.3) is 0 Å². The highest BCUT2D eigenvalue weighted by molar-refractivity contribution is 7.94. The third-order valence-corrected chi connectivity index (χ3v) is 6.29. The molecule has 22 heavy (non-hydrogen) atoms. The van der Waals surface area contributed by atoms with E-state index < -0.39 is 26.3 Å². The smallest absolute Gasteiger partial charge is 0.252 e. The first-order chi connectivity index (χ1) is 10.2. The van der Waals surface area contributed by atoms with Gasteiger partial charge >= 0.3 is 0 Å². The van der Waals surface area contributed by atoms with Gasteiger partial charge in [0, 0.05) is 11.8 Å². The average Bonchev–Trinajstić information content (AvgIpc) is 2.41. The van der Waals surface area contributed by atoms with Crippen molar-refractivity contribution in [3.63, 3.8) is 0 Å². The first-order valence-corrected chi connectivity index (χ1v) is 10.7. The fraction of sp³-hybridized carbons (Fsp3) is 0.533. The van der Waals surface area contributed by atoms with Crippen LogP contribution in [0, 0.1) is 6.92 Å². The van der Waals surface area contributed by atoms with Crippen molar-refractivity contribution in [2.24, 2.45) is 0 Å². The molecule has 0 aromatic heterocycles. The molecule has 0 aliphatic carbocycles. The highest BCUT2D eigenvalue weighted by Gasteiger charge is 2.25. The summed E-state index contributed by atoms with van der Waals surface area (Å²) in [5, 5.41) is -0.720. The zero-order chi connectivity index (χ0) is 16.9. The summed E-state index contributed by atoms with van der Waals surface area (Å²) in [5.74, 6) is 0.413. The van der Waals surface area contributed by atoms with Crippen molar-refractivity contribution in [1.29, 1.82) is 0 Å². The van der Waals surface area contributed by atoms with Gasteiger partial charge in [0.05, 0.1) is 0 Å². The van der Waals surface area contributed by atoms with Crippen molar-refractivity contribution in [1.82, 2.24) is 0 Å². The summed E-state index contributed by atoms with van der Waals surface area (Å²) < 4.78 is 36.3. The molecule has 0 heterocycles. The predicted octanol–water partition coefficient (Wildman–Crippen LogP) is 3.47. The topological polar surface area (TPSA) is 74.3 Å². The normalized spacial score (nSPS) is 13.1. The van der Waals surface area contributed by atoms with Gasteiger partial charge in [-0.25, -0.2) is 8.42 Å². The summed E-state index contributed by atoms with van der Waals surface area (Å²) >= 11 is 4.06. The maximum absolute atomic E-state index is 12.4. The van der Waals surface area contributed by atoms with E-state index in [1.165, 1.54) is 12.1 Å². The molecule has 0 saturated heterocycles. The second-order valence-electron chi connectivity index (χ2n) is 5.27. The van der Waals surface area contributed by atoms with Crippen LogP contribution in [-0.4, -0.2) is 30.2 Å². The zero-order valence-corrected chi connectivity index (χ0v) is 15.4. The van der Waals surface area contributed by atoms with E-state index in [4.69, 9.17) is 11.6 Å². The summed E-state index contributed by atoms with van der Waals surface area (Å²) in [7, 11) is -3.59. The molecule has 0 amide bonds. The van der Waals surface area contributed by atoms with E-state index in [0.717, 1.165) is 31.9 Å². The first-order valence-electron chi connectivity index (χ1n) is 7.11. The van der Waals surface area contributed by atoms with Gasteiger partial charge in [0.15, 0.2) is 14.7 Å². The SMILES string of the molecule is CCCCCC[S+]([O-])c1cc(C)c(C(=O)Cl)cc1S(C)(=O)=O. The monoisotopic (exact) mass is 364 g/mol. The number of sulfone groups is 1. The van der Waals surface area contributed by atoms with Crippen LogP contribution < -0.4 is 0 Å². The van der Waals surface area contributed by atoms with E-state index in [1.807, 2.05) is 0 Å². The Hall–Kier alpha value is -0.560. The number of halogens is 1. The number of hydrogen-bond donors (Lipinski definition) is 0. The molecule has 0 aliphatic heterocycles. The summed E-state index contributed by atoms with van der Waals surface area (Å²) in [4.78, 5) is 11.6. The zero-order valence-electron chi connectivity index (χ0n) is 13.0. The number of carbonyl (C=O) groups excluding carboxylic acids is 1. The van der Waals surface area contributed by atoms with E-state index >= 15 is 0 Å². The summed E-state index contributed by atoms with van der Waals surface area (Å²) in [6.45, 7) is 3.74. The second kappa shape index (κ2) is 8.34. The van der Waals surface area contributed by atoms with Gasteiger partial charge in [-0.15, -0.1) is 0 Å². The lowest BCUT2D eigenvalue weighted by Crippen LogP contribution is -2.14. The fourth-order valence-corrected chi connectivity index (χ4v) is 5.08. The Morgan fingerprint density at radius 2 is 1.91 bits per heavy atom. The van der Waals surface area contributed by atoms with Crippen molar-refractivity contribution in [2.45, 2.75) is 49.3 Å². The van der Waals surface area contributed by atoms with Gasteiger partial charge < -0.3 is 4.55 Å². The molecule has 7 heteroatoms. The highest BCUT2D eigenvalue weighted by atomic mass is 35.5. The number of rotatable bonds is 8. The molecule has 1 atom stereocenters. The summed E-state index contributed by atoms with van der Waals surface area (Å²) in [5.41, 5.74) is 0.665. The Bertz CT molecular complexity index is 641. The van der Waals surface area contributed by atoms with Crippen molar-refractivity contribution in [3.8, 4) is 0 Å². The molecule has 1 aromatic rings. The molecule has 0 saturated carbocycles. The first kappa shape index (κ1) is 19.5. The summed E-state index contributed by atoms with van der Waals surface area (Å²) in [6, 6.07) is 2.74. The molecule has 0 N–H and O–H groups in total. The molecule has 1 rings (SSSR count). The highest BCUT2D eigenvalue weighted by Crippen LogP contribution is 2.27. The molecule has 0 fully saturated rings. The number of hydrogen-bond acceptors (Lipinski definition) is 4. The third-order valence-electron chi connectivity index (χ3n) is 3.33. The molecule has 1 unspecified atom stereocenters. The number of aryl methyl sites for hydroxylation is 1. The Morgan fingerprint density at radius 1 is 1.27 bits per heavy atom. The second-order valence-corrected chi connectivity index (χ2v) is 9.14. The molecule has 0 bridgehead atoms. The maximum Gasteiger partial charge on any atom is 0.252 e. The largest absolute Gasteiger partial charge is 0.611 e. The Labute approximate surface area is 140 Å². The quantitative estimate of drug-likeness (QED) is 0.402. The van der Waals surface area contributed by atoms with Gasteiger partial charge in [0.25, 0.3) is 5.24 Å². The van der Waals surface area contributed by atoms with Crippen LogP contribution in [0.5, 0.6) is 0 Å². The number of unbranched alkanes of at least 4 members (excludes halogenated alkanes) is 3. The Kier molecular flexibility index (Phi) is 7.38. The lowest BCUT2D eigenvalue weighted by molar-refractivity contribution is 0.108. The summed E-state index contributed by atoms with van der Waals surface area (Å²) in [6.07, 6.45) is 4.92. The molecule has 1 aromatic carbocycles. The standard InChI is InChI=1S/C15H21ClO4S2/c1-4-5-6-7-8-21(18)13-9-11(2)12(15(16)17)10-14(13)22(3,19)20/h9-10H,4-8H2,1-3H3. The maximum atomic E-state index is 12.4. The minimum atomic E-state index is -3.59. The fourth-order valence-electron chi connectivity index (χ4n) is 2.11. The van der Waals surface area contributed by atoms with Gasteiger partial charge in [-0.05, 0) is 60.2 Å². The van der Waals surface area contributed by atoms with Gasteiger partial charge in [-0.3, -0.25) is 4.79 Å². The van der Waals surface area contributed by atoms with Crippen molar-refractivity contribution < 1.29 is 17.8 Å². The lowest BCUT2D eigenvalue weighted by atomic mass is 10.1. The molecular weight excluding hydrogens is 344 g/mol. The number of benzene rings is 1. The minimum Gasteiger partial charge on any atom is -0.611 e. The van der Waals surface area contributed by atoms with Crippen molar-refractivity contribution >= 4 is 37.9 Å². The number of carbonyl (C=O) groups is 1. The van der Waals surface area contributed by atoms with Crippen LogP contribution in [-0.2, 0) is 21.0 Å². The van der Waals surface area contributed by atoms with Gasteiger partial charge in [0.1, 0.15) is 10.6 Å². The van der Waals surface area contributed by atoms with Crippen LogP contribution in [0.3, 0.4) is 0 Å². The van der Waals surface area contributed by atoms with Gasteiger partial charge in [0.2, 0.25) is 0 Å². The van der Waals surface area contributed by atoms with Crippen molar-refractivity contribution in [3.05, 3.63) is 23.3 Å². The molecule has 0 radical (unpaired) electrons. The van der Waals surface area contributed by atoms with Crippen molar-refractivity contribution in [2.75, 3.05) is 12.0 Å². The van der Waals surface area contributed by atoms with Gasteiger partial charge in [-0.1, -0.05) is 19.8 Å². The molecule has 4 nitrogen and oxygen atoms in total. The van der Waals surface area contributed by atoms with E-state index in [1.54, 1.807) is 6.92 Å². The molecule has 0 spiro atoms. The minimum absolute atomic E-state index is 0.0732.